The van der Waals surface area contributed by atoms with E-state index in [1.807, 2.05) is 18.4 Å². The first-order chi connectivity index (χ1) is 7.86. The molecule has 0 saturated carbocycles. The third-order valence-corrected chi connectivity index (χ3v) is 3.18. The minimum atomic E-state index is 0.929. The van der Waals surface area contributed by atoms with Gasteiger partial charge in [0, 0.05) is 31.6 Å². The second-order valence-corrected chi connectivity index (χ2v) is 4.23. The van der Waals surface area contributed by atoms with Crippen molar-refractivity contribution in [1.82, 2.24) is 5.32 Å². The summed E-state index contributed by atoms with van der Waals surface area (Å²) in [6, 6.07) is 6.20. The Kier molecular flexibility index (Phi) is 2.33. The summed E-state index contributed by atoms with van der Waals surface area (Å²) >= 11 is 0. The van der Waals surface area contributed by atoms with Gasteiger partial charge in [-0.25, -0.2) is 5.32 Å². The molecule has 0 bridgehead atoms. The molecule has 2 aromatic rings. The van der Waals surface area contributed by atoms with E-state index in [9.17, 15) is 0 Å². The van der Waals surface area contributed by atoms with Crippen molar-refractivity contribution in [2.45, 2.75) is 6.92 Å². The molecule has 0 spiro atoms. The molecule has 0 atom stereocenters. The quantitative estimate of drug-likeness (QED) is 0.729. The SMILES string of the molecule is Cc1cccc2occ(N3CC[N]CC3)c12. The van der Waals surface area contributed by atoms with Crippen LogP contribution in [0.25, 0.3) is 11.0 Å². The van der Waals surface area contributed by atoms with Gasteiger partial charge in [-0.3, -0.25) is 0 Å². The van der Waals surface area contributed by atoms with E-state index in [1.54, 1.807) is 0 Å². The zero-order valence-electron chi connectivity index (χ0n) is 9.44. The molecule has 1 aliphatic rings. The number of rotatable bonds is 1. The van der Waals surface area contributed by atoms with Crippen LogP contribution in [0.2, 0.25) is 0 Å². The van der Waals surface area contributed by atoms with E-state index < -0.39 is 0 Å². The number of fused-ring (bicyclic) bond motifs is 1. The highest BCUT2D eigenvalue weighted by Gasteiger charge is 2.17. The lowest BCUT2D eigenvalue weighted by Gasteiger charge is -2.27. The van der Waals surface area contributed by atoms with Gasteiger partial charge in [0.15, 0.2) is 0 Å². The number of piperazine rings is 1. The van der Waals surface area contributed by atoms with E-state index in [1.165, 1.54) is 16.6 Å². The van der Waals surface area contributed by atoms with Crippen molar-refractivity contribution in [3.05, 3.63) is 30.0 Å². The second-order valence-electron chi connectivity index (χ2n) is 4.23. The van der Waals surface area contributed by atoms with Gasteiger partial charge in [-0.1, -0.05) is 12.1 Å². The van der Waals surface area contributed by atoms with Gasteiger partial charge in [0.1, 0.15) is 11.8 Å². The van der Waals surface area contributed by atoms with Gasteiger partial charge in [-0.15, -0.1) is 0 Å². The summed E-state index contributed by atoms with van der Waals surface area (Å²) in [5, 5.41) is 5.62. The maximum Gasteiger partial charge on any atom is 0.136 e. The number of hydrogen-bond donors (Lipinski definition) is 0. The topological polar surface area (TPSA) is 30.5 Å². The van der Waals surface area contributed by atoms with Crippen LogP contribution in [0.1, 0.15) is 5.56 Å². The van der Waals surface area contributed by atoms with Crippen LogP contribution in [-0.4, -0.2) is 26.2 Å². The van der Waals surface area contributed by atoms with Crippen LogP contribution in [0, 0.1) is 6.92 Å². The molecule has 3 nitrogen and oxygen atoms in total. The van der Waals surface area contributed by atoms with E-state index in [0.717, 1.165) is 31.8 Å². The summed E-state index contributed by atoms with van der Waals surface area (Å²) in [6.45, 7) is 6.00. The van der Waals surface area contributed by atoms with Gasteiger partial charge in [0.25, 0.3) is 0 Å². The molecule has 0 unspecified atom stereocenters. The van der Waals surface area contributed by atoms with Crippen LogP contribution in [0.15, 0.2) is 28.9 Å². The lowest BCUT2D eigenvalue weighted by Crippen LogP contribution is -2.40. The van der Waals surface area contributed by atoms with Crippen LogP contribution >= 0.6 is 0 Å². The molecule has 1 aromatic carbocycles. The van der Waals surface area contributed by atoms with Crippen molar-refractivity contribution in [1.29, 1.82) is 0 Å². The summed E-state index contributed by atoms with van der Waals surface area (Å²) < 4.78 is 5.61. The third-order valence-electron chi connectivity index (χ3n) is 3.18. The predicted molar refractivity (Wildman–Crippen MR) is 65.0 cm³/mol. The normalized spacial score (nSPS) is 16.9. The number of anilines is 1. The van der Waals surface area contributed by atoms with Gasteiger partial charge in [-0.05, 0) is 18.6 Å². The van der Waals surface area contributed by atoms with Crippen molar-refractivity contribution in [2.24, 2.45) is 0 Å². The fourth-order valence-corrected chi connectivity index (χ4v) is 2.33. The number of aryl methyl sites for hydroxylation is 1. The maximum atomic E-state index is 5.61. The third kappa shape index (κ3) is 1.48. The molecule has 2 heterocycles. The summed E-state index contributed by atoms with van der Waals surface area (Å²) in [4.78, 5) is 2.37. The smallest absolute Gasteiger partial charge is 0.136 e. The van der Waals surface area contributed by atoms with Crippen LogP contribution in [0.4, 0.5) is 5.69 Å². The fraction of sp³-hybridized carbons (Fsp3) is 0.385. The van der Waals surface area contributed by atoms with Crippen LogP contribution in [0.5, 0.6) is 0 Å². The Bertz CT molecular complexity index is 498. The highest BCUT2D eigenvalue weighted by Crippen LogP contribution is 2.31. The predicted octanol–water partition coefficient (Wildman–Crippen LogP) is 2.17. The minimum absolute atomic E-state index is 0.929. The number of furan rings is 1. The summed E-state index contributed by atoms with van der Waals surface area (Å²) in [6.07, 6.45) is 1.88. The minimum Gasteiger partial charge on any atom is -0.462 e. The highest BCUT2D eigenvalue weighted by molar-refractivity contribution is 5.93. The second kappa shape index (κ2) is 3.83. The molecule has 1 radical (unpaired) electrons. The summed E-state index contributed by atoms with van der Waals surface area (Å²) in [5.41, 5.74) is 3.49. The molecule has 1 saturated heterocycles. The van der Waals surface area contributed by atoms with Crippen LogP contribution in [-0.2, 0) is 0 Å². The lowest BCUT2D eigenvalue weighted by molar-refractivity contribution is 0.570. The lowest BCUT2D eigenvalue weighted by atomic mass is 10.1. The van der Waals surface area contributed by atoms with Crippen LogP contribution in [0.3, 0.4) is 0 Å². The van der Waals surface area contributed by atoms with Gasteiger partial charge in [0.05, 0.1) is 5.69 Å². The monoisotopic (exact) mass is 215 g/mol. The van der Waals surface area contributed by atoms with E-state index in [2.05, 4.69) is 23.2 Å². The summed E-state index contributed by atoms with van der Waals surface area (Å²) in [5.74, 6) is 0. The Morgan fingerprint density at radius 2 is 2.06 bits per heavy atom. The number of hydrogen-bond acceptors (Lipinski definition) is 2. The molecule has 0 aliphatic carbocycles. The first kappa shape index (κ1) is 9.73. The van der Waals surface area contributed by atoms with Crippen molar-refractivity contribution in [3.63, 3.8) is 0 Å². The van der Waals surface area contributed by atoms with E-state index in [-0.39, 0.29) is 0 Å². The Morgan fingerprint density at radius 3 is 2.88 bits per heavy atom. The molecule has 16 heavy (non-hydrogen) atoms. The van der Waals surface area contributed by atoms with Gasteiger partial charge >= 0.3 is 0 Å². The molecular formula is C13H15N2O. The maximum absolute atomic E-state index is 5.61. The Hall–Kier alpha value is -1.48. The standard InChI is InChI=1S/C13H15N2O/c1-10-3-2-4-12-13(10)11(9-16-12)15-7-5-14-6-8-15/h2-4,9H,5-8H2,1H3. The first-order valence-corrected chi connectivity index (χ1v) is 5.71. The Morgan fingerprint density at radius 1 is 1.25 bits per heavy atom. The van der Waals surface area contributed by atoms with Gasteiger partial charge in [-0.2, -0.15) is 0 Å². The Labute approximate surface area is 95.0 Å². The molecule has 3 heteroatoms. The average Bonchev–Trinajstić information content (AvgIpc) is 2.75. The van der Waals surface area contributed by atoms with E-state index in [0.29, 0.717) is 0 Å². The molecule has 1 fully saturated rings. The average molecular weight is 215 g/mol. The molecule has 1 aliphatic heterocycles. The first-order valence-electron chi connectivity index (χ1n) is 5.71. The van der Waals surface area contributed by atoms with Crippen molar-refractivity contribution in [2.75, 3.05) is 31.1 Å². The zero-order valence-corrected chi connectivity index (χ0v) is 9.44. The molecule has 0 amide bonds. The molecular weight excluding hydrogens is 200 g/mol. The van der Waals surface area contributed by atoms with Crippen molar-refractivity contribution >= 4 is 16.7 Å². The van der Waals surface area contributed by atoms with Gasteiger partial charge in [0.2, 0.25) is 0 Å². The van der Waals surface area contributed by atoms with Gasteiger partial charge < -0.3 is 9.32 Å². The number of nitrogens with zero attached hydrogens (tertiary/aromatic N) is 2. The van der Waals surface area contributed by atoms with E-state index in [4.69, 9.17) is 4.42 Å². The van der Waals surface area contributed by atoms with Crippen molar-refractivity contribution < 1.29 is 4.42 Å². The Balaban J connectivity index is 2.09. The largest absolute Gasteiger partial charge is 0.462 e. The fourth-order valence-electron chi connectivity index (χ4n) is 2.33. The number of benzene rings is 1. The van der Waals surface area contributed by atoms with E-state index >= 15 is 0 Å². The highest BCUT2D eigenvalue weighted by atomic mass is 16.3. The van der Waals surface area contributed by atoms with Crippen molar-refractivity contribution in [3.8, 4) is 0 Å². The van der Waals surface area contributed by atoms with Crippen LogP contribution < -0.4 is 10.2 Å². The molecule has 0 N–H and O–H groups in total. The molecule has 1 aromatic heterocycles. The molecule has 83 valence electrons. The molecule has 3 rings (SSSR count). The summed E-state index contributed by atoms with van der Waals surface area (Å²) in [7, 11) is 0. The zero-order chi connectivity index (χ0) is 11.0.